The molecule has 2 N–H and O–H groups in total. The summed E-state index contributed by atoms with van der Waals surface area (Å²) in [5.41, 5.74) is 0.382. The molecule has 0 aliphatic carbocycles. The van der Waals surface area contributed by atoms with Crippen LogP contribution in [0, 0.1) is 17.6 Å². The molecule has 6 nitrogen and oxygen atoms in total. The Kier molecular flexibility index (Phi) is 6.09. The van der Waals surface area contributed by atoms with Crippen molar-refractivity contribution in [1.29, 1.82) is 0 Å². The fourth-order valence-corrected chi connectivity index (χ4v) is 3.90. The zero-order valence-electron chi connectivity index (χ0n) is 15.5. The second-order valence-corrected chi connectivity index (χ2v) is 8.57. The molecule has 0 atom stereocenters. The van der Waals surface area contributed by atoms with Crippen molar-refractivity contribution < 1.29 is 26.8 Å². The minimum absolute atomic E-state index is 0.0300. The minimum Gasteiger partial charge on any atom is -0.342 e. The molecule has 1 aliphatic heterocycles. The van der Waals surface area contributed by atoms with Gasteiger partial charge >= 0.3 is 0 Å². The van der Waals surface area contributed by atoms with Gasteiger partial charge in [-0.3, -0.25) is 9.59 Å². The zero-order valence-corrected chi connectivity index (χ0v) is 16.3. The summed E-state index contributed by atoms with van der Waals surface area (Å²) >= 11 is 0. The lowest BCUT2D eigenvalue weighted by molar-refractivity contribution is -0.131. The van der Waals surface area contributed by atoms with Crippen molar-refractivity contribution in [2.45, 2.75) is 24.2 Å². The van der Waals surface area contributed by atoms with Crippen LogP contribution in [0.1, 0.15) is 28.8 Å². The van der Waals surface area contributed by atoms with Gasteiger partial charge in [0.1, 0.15) is 11.6 Å². The van der Waals surface area contributed by atoms with Gasteiger partial charge in [-0.05, 0) is 48.7 Å². The Bertz CT molecular complexity index is 1030. The van der Waals surface area contributed by atoms with Gasteiger partial charge in [0, 0.05) is 19.0 Å². The summed E-state index contributed by atoms with van der Waals surface area (Å²) in [4.78, 5) is 26.5. The molecule has 154 valence electrons. The van der Waals surface area contributed by atoms with E-state index in [4.69, 9.17) is 5.14 Å². The maximum atomic E-state index is 13.8. The molecule has 9 heteroatoms. The lowest BCUT2D eigenvalue weighted by atomic mass is 9.88. The summed E-state index contributed by atoms with van der Waals surface area (Å²) in [5.74, 6) is -2.50. The first-order chi connectivity index (χ1) is 13.6. The van der Waals surface area contributed by atoms with E-state index < -0.39 is 33.4 Å². The molecule has 0 saturated carbocycles. The maximum Gasteiger partial charge on any atom is 0.238 e. The number of halogens is 2. The van der Waals surface area contributed by atoms with E-state index in [0.29, 0.717) is 31.5 Å². The Morgan fingerprint density at radius 3 is 2.24 bits per heavy atom. The SMILES string of the molecule is NS(=O)(=O)c1ccc(CC(=O)N2CCC(C(=O)c3cc(F)ccc3F)CC2)cc1. The van der Waals surface area contributed by atoms with Crippen LogP contribution in [-0.4, -0.2) is 38.1 Å². The normalized spacial score (nSPS) is 15.3. The third-order valence-corrected chi connectivity index (χ3v) is 5.95. The molecule has 1 fully saturated rings. The summed E-state index contributed by atoms with van der Waals surface area (Å²) in [6.45, 7) is 0.670. The van der Waals surface area contributed by atoms with E-state index >= 15 is 0 Å². The van der Waals surface area contributed by atoms with Crippen LogP contribution in [0.4, 0.5) is 8.78 Å². The number of carbonyl (C=O) groups is 2. The lowest BCUT2D eigenvalue weighted by Crippen LogP contribution is -2.41. The summed E-state index contributed by atoms with van der Waals surface area (Å²) in [7, 11) is -3.79. The van der Waals surface area contributed by atoms with Gasteiger partial charge in [0.15, 0.2) is 5.78 Å². The highest BCUT2D eigenvalue weighted by Crippen LogP contribution is 2.24. The van der Waals surface area contributed by atoms with Crippen LogP contribution >= 0.6 is 0 Å². The summed E-state index contributed by atoms with van der Waals surface area (Å²) in [5, 5.41) is 5.05. The first-order valence-electron chi connectivity index (χ1n) is 9.04. The highest BCUT2D eigenvalue weighted by atomic mass is 32.2. The number of primary sulfonamides is 1. The van der Waals surface area contributed by atoms with Crippen molar-refractivity contribution in [3.8, 4) is 0 Å². The van der Waals surface area contributed by atoms with Crippen LogP contribution in [0.3, 0.4) is 0 Å². The molecular weight excluding hydrogens is 402 g/mol. The highest BCUT2D eigenvalue weighted by molar-refractivity contribution is 7.89. The van der Waals surface area contributed by atoms with E-state index in [1.165, 1.54) is 24.3 Å². The van der Waals surface area contributed by atoms with E-state index in [-0.39, 0.29) is 22.8 Å². The molecule has 0 unspecified atom stereocenters. The van der Waals surface area contributed by atoms with Crippen molar-refractivity contribution in [3.63, 3.8) is 0 Å². The van der Waals surface area contributed by atoms with Gasteiger partial charge in [-0.15, -0.1) is 0 Å². The van der Waals surface area contributed by atoms with Gasteiger partial charge in [0.05, 0.1) is 16.9 Å². The van der Waals surface area contributed by atoms with Crippen LogP contribution in [0.2, 0.25) is 0 Å². The number of hydrogen-bond donors (Lipinski definition) is 1. The number of nitrogens with zero attached hydrogens (tertiary/aromatic N) is 1. The van der Waals surface area contributed by atoms with Crippen molar-refractivity contribution in [3.05, 3.63) is 65.2 Å². The first-order valence-corrected chi connectivity index (χ1v) is 10.6. The molecule has 1 amide bonds. The Morgan fingerprint density at radius 1 is 1.03 bits per heavy atom. The third-order valence-electron chi connectivity index (χ3n) is 5.02. The molecule has 29 heavy (non-hydrogen) atoms. The number of hydrogen-bond acceptors (Lipinski definition) is 4. The Labute approximate surface area is 167 Å². The van der Waals surface area contributed by atoms with E-state index in [0.717, 1.165) is 18.2 Å². The fourth-order valence-electron chi connectivity index (χ4n) is 3.38. The first kappa shape index (κ1) is 21.1. The van der Waals surface area contributed by atoms with Gasteiger partial charge in [0.25, 0.3) is 0 Å². The highest BCUT2D eigenvalue weighted by Gasteiger charge is 2.29. The van der Waals surface area contributed by atoms with E-state index in [1.807, 2.05) is 0 Å². The molecule has 0 aromatic heterocycles. The lowest BCUT2D eigenvalue weighted by Gasteiger charge is -2.31. The summed E-state index contributed by atoms with van der Waals surface area (Å²) in [6, 6.07) is 8.54. The third kappa shape index (κ3) is 5.04. The largest absolute Gasteiger partial charge is 0.342 e. The van der Waals surface area contributed by atoms with Crippen molar-refractivity contribution in [1.82, 2.24) is 4.90 Å². The molecule has 1 heterocycles. The number of likely N-dealkylation sites (tertiary alicyclic amines) is 1. The molecule has 1 saturated heterocycles. The van der Waals surface area contributed by atoms with Crippen LogP contribution in [0.25, 0.3) is 0 Å². The molecular formula is C20H20F2N2O4S. The molecule has 1 aliphatic rings. The number of rotatable bonds is 5. The standard InChI is InChI=1S/C20H20F2N2O4S/c21-15-3-6-18(22)17(12-15)20(26)14-7-9-24(10-8-14)19(25)11-13-1-4-16(5-2-13)29(23,27)28/h1-6,12,14H,7-11H2,(H2,23,27,28). The molecule has 0 spiro atoms. The Hall–Kier alpha value is -2.65. The van der Waals surface area contributed by atoms with Gasteiger partial charge in [-0.25, -0.2) is 22.3 Å². The van der Waals surface area contributed by atoms with E-state index in [9.17, 15) is 26.8 Å². The van der Waals surface area contributed by atoms with Gasteiger partial charge in [-0.1, -0.05) is 12.1 Å². The number of piperidine rings is 1. The van der Waals surface area contributed by atoms with Gasteiger partial charge < -0.3 is 4.90 Å². The number of carbonyl (C=O) groups excluding carboxylic acids is 2. The van der Waals surface area contributed by atoms with Gasteiger partial charge in [-0.2, -0.15) is 0 Å². The molecule has 2 aromatic carbocycles. The average molecular weight is 422 g/mol. The smallest absolute Gasteiger partial charge is 0.238 e. The topological polar surface area (TPSA) is 97.5 Å². The summed E-state index contributed by atoms with van der Waals surface area (Å²) < 4.78 is 49.7. The number of ketones is 1. The number of nitrogens with two attached hydrogens (primary N) is 1. The molecule has 2 aromatic rings. The zero-order chi connectivity index (χ0) is 21.2. The molecule has 0 bridgehead atoms. The van der Waals surface area contributed by atoms with Crippen molar-refractivity contribution in [2.75, 3.05) is 13.1 Å². The van der Waals surface area contributed by atoms with E-state index in [1.54, 1.807) is 4.90 Å². The number of sulfonamides is 1. The molecule has 0 radical (unpaired) electrons. The van der Waals surface area contributed by atoms with Crippen LogP contribution in [-0.2, 0) is 21.2 Å². The van der Waals surface area contributed by atoms with Crippen LogP contribution in [0.5, 0.6) is 0 Å². The van der Waals surface area contributed by atoms with Crippen molar-refractivity contribution in [2.24, 2.45) is 11.1 Å². The predicted octanol–water partition coefficient (Wildman–Crippen LogP) is 2.28. The van der Waals surface area contributed by atoms with Crippen molar-refractivity contribution >= 4 is 21.7 Å². The number of benzene rings is 2. The Morgan fingerprint density at radius 2 is 1.66 bits per heavy atom. The van der Waals surface area contributed by atoms with Crippen LogP contribution in [0.15, 0.2) is 47.4 Å². The fraction of sp³-hybridized carbons (Fsp3) is 0.300. The second-order valence-electron chi connectivity index (χ2n) is 7.01. The second kappa shape index (κ2) is 8.38. The van der Waals surface area contributed by atoms with E-state index in [2.05, 4.69) is 0 Å². The number of Topliss-reactive ketones (excluding diaryl/α,β-unsaturated/α-hetero) is 1. The maximum absolute atomic E-state index is 13.8. The van der Waals surface area contributed by atoms with Crippen LogP contribution < -0.4 is 5.14 Å². The molecule has 3 rings (SSSR count). The average Bonchev–Trinajstić information content (AvgIpc) is 2.69. The number of amides is 1. The van der Waals surface area contributed by atoms with Gasteiger partial charge in [0.2, 0.25) is 15.9 Å². The quantitative estimate of drug-likeness (QED) is 0.748. The summed E-state index contributed by atoms with van der Waals surface area (Å²) in [6.07, 6.45) is 0.817. The predicted molar refractivity (Wildman–Crippen MR) is 102 cm³/mol. The Balaban J connectivity index is 1.58. The monoisotopic (exact) mass is 422 g/mol. The minimum atomic E-state index is -3.79.